The molecule has 21 heavy (non-hydrogen) atoms. The second kappa shape index (κ2) is 5.73. The van der Waals surface area contributed by atoms with Gasteiger partial charge >= 0.3 is 0 Å². The van der Waals surface area contributed by atoms with E-state index in [1.54, 1.807) is 4.68 Å². The molecule has 3 heterocycles. The summed E-state index contributed by atoms with van der Waals surface area (Å²) in [5.74, 6) is 0.636. The van der Waals surface area contributed by atoms with E-state index in [1.165, 1.54) is 0 Å². The fourth-order valence-corrected chi connectivity index (χ4v) is 2.90. The summed E-state index contributed by atoms with van der Waals surface area (Å²) >= 11 is 0. The van der Waals surface area contributed by atoms with Gasteiger partial charge in [0.1, 0.15) is 11.5 Å². The van der Waals surface area contributed by atoms with Crippen molar-refractivity contribution in [3.05, 3.63) is 35.8 Å². The van der Waals surface area contributed by atoms with Gasteiger partial charge in [0.25, 0.3) is 5.91 Å². The summed E-state index contributed by atoms with van der Waals surface area (Å²) < 4.78 is 3.78. The van der Waals surface area contributed by atoms with Gasteiger partial charge in [0.2, 0.25) is 0 Å². The fourth-order valence-electron chi connectivity index (χ4n) is 2.90. The molecule has 1 aliphatic heterocycles. The molecule has 1 aliphatic rings. The van der Waals surface area contributed by atoms with Crippen LogP contribution in [0.25, 0.3) is 0 Å². The minimum Gasteiger partial charge on any atom is -0.340 e. The highest BCUT2D eigenvalue weighted by Crippen LogP contribution is 2.22. The maximum Gasteiger partial charge on any atom is 0.273 e. The van der Waals surface area contributed by atoms with Crippen molar-refractivity contribution in [3.63, 3.8) is 0 Å². The molecular formula is C15H21N5O. The van der Waals surface area contributed by atoms with Gasteiger partial charge in [0.05, 0.1) is 5.69 Å². The maximum absolute atomic E-state index is 12.5. The number of carbonyl (C=O) groups is 1. The first-order chi connectivity index (χ1) is 10.1. The smallest absolute Gasteiger partial charge is 0.273 e. The third-order valence-electron chi connectivity index (χ3n) is 3.96. The van der Waals surface area contributed by atoms with Gasteiger partial charge in [-0.1, -0.05) is 0 Å². The van der Waals surface area contributed by atoms with Gasteiger partial charge in [0.15, 0.2) is 0 Å². The molecular weight excluding hydrogens is 266 g/mol. The molecule has 1 saturated heterocycles. The van der Waals surface area contributed by atoms with Crippen molar-refractivity contribution in [2.24, 2.45) is 7.05 Å². The normalized spacial score (nSPS) is 16.1. The van der Waals surface area contributed by atoms with Crippen LogP contribution in [0.1, 0.15) is 35.1 Å². The predicted octanol–water partition coefficient (Wildman–Crippen LogP) is 1.71. The number of aryl methyl sites for hydroxylation is 2. The number of piperidine rings is 1. The quantitative estimate of drug-likeness (QED) is 0.903. The highest BCUT2D eigenvalue weighted by Gasteiger charge is 2.20. The molecule has 0 atom stereocenters. The Morgan fingerprint density at radius 3 is 2.86 bits per heavy atom. The van der Waals surface area contributed by atoms with Gasteiger partial charge < -0.3 is 15.2 Å². The van der Waals surface area contributed by atoms with Gasteiger partial charge in [-0.15, -0.1) is 0 Å². The van der Waals surface area contributed by atoms with Crippen LogP contribution in [0.4, 0.5) is 5.82 Å². The molecule has 1 fully saturated rings. The summed E-state index contributed by atoms with van der Waals surface area (Å²) in [6, 6.07) is 6.08. The van der Waals surface area contributed by atoms with Crippen molar-refractivity contribution in [2.75, 3.05) is 18.4 Å². The van der Waals surface area contributed by atoms with Gasteiger partial charge in [-0.05, 0) is 45.0 Å². The molecule has 6 nitrogen and oxygen atoms in total. The Bertz CT molecular complexity index is 636. The van der Waals surface area contributed by atoms with Crippen LogP contribution in [0, 0.1) is 6.92 Å². The van der Waals surface area contributed by atoms with Crippen molar-refractivity contribution >= 4 is 11.7 Å². The number of nitrogens with zero attached hydrogens (tertiary/aromatic N) is 3. The van der Waals surface area contributed by atoms with Crippen molar-refractivity contribution in [1.82, 2.24) is 19.7 Å². The molecule has 2 aromatic rings. The number of hydrogen-bond donors (Lipinski definition) is 2. The van der Waals surface area contributed by atoms with Crippen LogP contribution in [0.2, 0.25) is 0 Å². The van der Waals surface area contributed by atoms with E-state index in [1.807, 2.05) is 38.4 Å². The van der Waals surface area contributed by atoms with Crippen LogP contribution in [-0.2, 0) is 7.05 Å². The molecule has 0 unspecified atom stereocenters. The van der Waals surface area contributed by atoms with E-state index in [4.69, 9.17) is 0 Å². The van der Waals surface area contributed by atoms with Crippen LogP contribution < -0.4 is 10.6 Å². The molecule has 0 radical (unpaired) electrons. The minimum absolute atomic E-state index is 0.0819. The zero-order chi connectivity index (χ0) is 14.8. The molecule has 0 spiro atoms. The standard InChI is InChI=1S/C15H21N5O/c1-11-10-14(19(2)18-11)17-15(21)13-4-3-9-20(13)12-5-7-16-8-6-12/h3-4,9-10,12,16H,5-8H2,1-2H3,(H,17,21). The summed E-state index contributed by atoms with van der Waals surface area (Å²) in [7, 11) is 1.83. The van der Waals surface area contributed by atoms with Crippen LogP contribution in [-0.4, -0.2) is 33.3 Å². The first-order valence-electron chi connectivity index (χ1n) is 7.34. The molecule has 112 valence electrons. The predicted molar refractivity (Wildman–Crippen MR) is 81.5 cm³/mol. The molecule has 6 heteroatoms. The molecule has 0 aliphatic carbocycles. The Kier molecular flexibility index (Phi) is 3.79. The zero-order valence-electron chi connectivity index (χ0n) is 12.5. The summed E-state index contributed by atoms with van der Waals surface area (Å²) in [5.41, 5.74) is 1.60. The third kappa shape index (κ3) is 2.85. The third-order valence-corrected chi connectivity index (χ3v) is 3.96. The van der Waals surface area contributed by atoms with Crippen LogP contribution >= 0.6 is 0 Å². The Morgan fingerprint density at radius 1 is 1.43 bits per heavy atom. The second-order valence-corrected chi connectivity index (χ2v) is 5.53. The van der Waals surface area contributed by atoms with Crippen LogP contribution in [0.15, 0.2) is 24.4 Å². The van der Waals surface area contributed by atoms with Gasteiger partial charge in [0, 0.05) is 25.4 Å². The van der Waals surface area contributed by atoms with Gasteiger partial charge in [-0.2, -0.15) is 5.10 Å². The fraction of sp³-hybridized carbons (Fsp3) is 0.467. The molecule has 0 saturated carbocycles. The van der Waals surface area contributed by atoms with Crippen molar-refractivity contribution in [3.8, 4) is 0 Å². The average molecular weight is 287 g/mol. The summed E-state index contributed by atoms with van der Waals surface area (Å²) in [4.78, 5) is 12.5. The van der Waals surface area contributed by atoms with E-state index in [0.29, 0.717) is 11.7 Å². The number of anilines is 1. The molecule has 2 aromatic heterocycles. The van der Waals surface area contributed by atoms with Crippen molar-refractivity contribution in [2.45, 2.75) is 25.8 Å². The molecule has 1 amide bonds. The average Bonchev–Trinajstić information content (AvgIpc) is 3.07. The van der Waals surface area contributed by atoms with Gasteiger partial charge in [-0.3, -0.25) is 9.48 Å². The van der Waals surface area contributed by atoms with Gasteiger partial charge in [-0.25, -0.2) is 0 Å². The number of carbonyl (C=O) groups excluding carboxylic acids is 1. The first-order valence-corrected chi connectivity index (χ1v) is 7.34. The number of nitrogens with one attached hydrogen (secondary N) is 2. The lowest BCUT2D eigenvalue weighted by Gasteiger charge is -2.25. The molecule has 2 N–H and O–H groups in total. The number of rotatable bonds is 3. The monoisotopic (exact) mass is 287 g/mol. The van der Waals surface area contributed by atoms with E-state index in [2.05, 4.69) is 20.3 Å². The minimum atomic E-state index is -0.0819. The largest absolute Gasteiger partial charge is 0.340 e. The van der Waals surface area contributed by atoms with E-state index in [9.17, 15) is 4.79 Å². The Hall–Kier alpha value is -2.08. The summed E-state index contributed by atoms with van der Waals surface area (Å²) in [6.45, 7) is 3.92. The molecule has 0 aromatic carbocycles. The lowest BCUT2D eigenvalue weighted by Crippen LogP contribution is -2.31. The van der Waals surface area contributed by atoms with E-state index < -0.39 is 0 Å². The zero-order valence-corrected chi connectivity index (χ0v) is 12.5. The molecule has 3 rings (SSSR count). The topological polar surface area (TPSA) is 63.9 Å². The second-order valence-electron chi connectivity index (χ2n) is 5.53. The highest BCUT2D eigenvalue weighted by atomic mass is 16.2. The maximum atomic E-state index is 12.5. The highest BCUT2D eigenvalue weighted by molar-refractivity contribution is 6.02. The Balaban J connectivity index is 1.79. The van der Waals surface area contributed by atoms with Crippen LogP contribution in [0.5, 0.6) is 0 Å². The lowest BCUT2D eigenvalue weighted by molar-refractivity contribution is 0.101. The number of amides is 1. The lowest BCUT2D eigenvalue weighted by atomic mass is 10.1. The van der Waals surface area contributed by atoms with E-state index >= 15 is 0 Å². The molecule has 0 bridgehead atoms. The van der Waals surface area contributed by atoms with Crippen LogP contribution in [0.3, 0.4) is 0 Å². The van der Waals surface area contributed by atoms with E-state index in [-0.39, 0.29) is 5.91 Å². The summed E-state index contributed by atoms with van der Waals surface area (Å²) in [5, 5.41) is 10.5. The SMILES string of the molecule is Cc1cc(NC(=O)c2cccn2C2CCNCC2)n(C)n1. The van der Waals surface area contributed by atoms with Crippen molar-refractivity contribution < 1.29 is 4.79 Å². The van der Waals surface area contributed by atoms with E-state index in [0.717, 1.165) is 37.4 Å². The number of aromatic nitrogens is 3. The van der Waals surface area contributed by atoms with Crippen molar-refractivity contribution in [1.29, 1.82) is 0 Å². The summed E-state index contributed by atoms with van der Waals surface area (Å²) in [6.07, 6.45) is 4.11. The number of hydrogen-bond acceptors (Lipinski definition) is 3. The Labute approximate surface area is 124 Å². The first kappa shape index (κ1) is 13.9. The Morgan fingerprint density at radius 2 is 2.19 bits per heavy atom.